The zero-order valence-electron chi connectivity index (χ0n) is 10.5. The largest absolute Gasteiger partial charge is 0.329 e. The summed E-state index contributed by atoms with van der Waals surface area (Å²) in [5.41, 5.74) is 8.20. The third-order valence-electron chi connectivity index (χ3n) is 3.28. The minimum Gasteiger partial charge on any atom is -0.329 e. The van der Waals surface area contributed by atoms with E-state index in [1.165, 1.54) is 37.1 Å². The summed E-state index contributed by atoms with van der Waals surface area (Å²) in [6, 6.07) is 8.93. The predicted octanol–water partition coefficient (Wildman–Crippen LogP) is 1.33. The van der Waals surface area contributed by atoms with Gasteiger partial charge in [0.1, 0.15) is 0 Å². The van der Waals surface area contributed by atoms with Crippen LogP contribution in [0.15, 0.2) is 24.3 Å². The third-order valence-corrected chi connectivity index (χ3v) is 3.28. The van der Waals surface area contributed by atoms with Gasteiger partial charge in [0, 0.05) is 26.2 Å². The minimum atomic E-state index is 0.701. The summed E-state index contributed by atoms with van der Waals surface area (Å²) in [7, 11) is 0. The van der Waals surface area contributed by atoms with Crippen molar-refractivity contribution < 1.29 is 0 Å². The average molecular weight is 233 g/mol. The molecular weight excluding hydrogens is 210 g/mol. The molecule has 1 saturated heterocycles. The Morgan fingerprint density at radius 2 is 1.71 bits per heavy atom. The van der Waals surface area contributed by atoms with Gasteiger partial charge >= 0.3 is 0 Å². The standard InChI is InChI=1S/C14H23N3/c15-7-8-16-11-13-3-5-14(6-4-13)12-17-9-1-2-10-17/h3-6,16H,1-2,7-12,15H2. The molecule has 0 aliphatic carbocycles. The molecule has 0 saturated carbocycles. The van der Waals surface area contributed by atoms with E-state index in [0.717, 1.165) is 19.6 Å². The molecule has 3 heteroatoms. The van der Waals surface area contributed by atoms with E-state index in [1.807, 2.05) is 0 Å². The highest BCUT2D eigenvalue weighted by atomic mass is 15.1. The number of hydrogen-bond donors (Lipinski definition) is 2. The first-order chi connectivity index (χ1) is 8.38. The van der Waals surface area contributed by atoms with Crippen molar-refractivity contribution in [3.63, 3.8) is 0 Å². The molecule has 3 N–H and O–H groups in total. The molecule has 1 aromatic carbocycles. The molecule has 0 radical (unpaired) electrons. The Morgan fingerprint density at radius 1 is 1.06 bits per heavy atom. The number of nitrogens with zero attached hydrogens (tertiary/aromatic N) is 1. The van der Waals surface area contributed by atoms with Gasteiger partial charge in [0.15, 0.2) is 0 Å². The van der Waals surface area contributed by atoms with E-state index in [2.05, 4.69) is 34.5 Å². The van der Waals surface area contributed by atoms with Crippen LogP contribution in [-0.2, 0) is 13.1 Å². The first kappa shape index (κ1) is 12.6. The summed E-state index contributed by atoms with van der Waals surface area (Å²) in [6.45, 7) is 6.14. The second-order valence-corrected chi connectivity index (χ2v) is 4.77. The number of nitrogens with one attached hydrogen (secondary N) is 1. The zero-order chi connectivity index (χ0) is 11.9. The molecule has 0 atom stereocenters. The van der Waals surface area contributed by atoms with Crippen LogP contribution in [0, 0.1) is 0 Å². The maximum absolute atomic E-state index is 5.44. The van der Waals surface area contributed by atoms with Gasteiger partial charge in [0.25, 0.3) is 0 Å². The maximum Gasteiger partial charge on any atom is 0.0233 e. The lowest BCUT2D eigenvalue weighted by Crippen LogP contribution is -2.22. The van der Waals surface area contributed by atoms with Gasteiger partial charge in [-0.05, 0) is 37.1 Å². The van der Waals surface area contributed by atoms with Gasteiger partial charge in [-0.1, -0.05) is 24.3 Å². The highest BCUT2D eigenvalue weighted by Gasteiger charge is 2.11. The van der Waals surface area contributed by atoms with Crippen LogP contribution >= 0.6 is 0 Å². The number of likely N-dealkylation sites (tertiary alicyclic amines) is 1. The Morgan fingerprint density at radius 3 is 2.35 bits per heavy atom. The van der Waals surface area contributed by atoms with Crippen LogP contribution in [0.3, 0.4) is 0 Å². The lowest BCUT2D eigenvalue weighted by molar-refractivity contribution is 0.331. The van der Waals surface area contributed by atoms with Crippen LogP contribution in [0.25, 0.3) is 0 Å². The molecule has 17 heavy (non-hydrogen) atoms. The summed E-state index contributed by atoms with van der Waals surface area (Å²) in [5, 5.41) is 3.31. The molecule has 1 aromatic rings. The summed E-state index contributed by atoms with van der Waals surface area (Å²) in [4.78, 5) is 2.53. The van der Waals surface area contributed by atoms with Gasteiger partial charge in [-0.25, -0.2) is 0 Å². The van der Waals surface area contributed by atoms with E-state index >= 15 is 0 Å². The van der Waals surface area contributed by atoms with Gasteiger partial charge in [0.2, 0.25) is 0 Å². The monoisotopic (exact) mass is 233 g/mol. The second-order valence-electron chi connectivity index (χ2n) is 4.77. The summed E-state index contributed by atoms with van der Waals surface area (Å²) < 4.78 is 0. The zero-order valence-corrected chi connectivity index (χ0v) is 10.5. The molecule has 2 rings (SSSR count). The van der Waals surface area contributed by atoms with Crippen molar-refractivity contribution in [3.8, 4) is 0 Å². The van der Waals surface area contributed by atoms with Crippen LogP contribution in [-0.4, -0.2) is 31.1 Å². The van der Waals surface area contributed by atoms with E-state index in [0.29, 0.717) is 6.54 Å². The summed E-state index contributed by atoms with van der Waals surface area (Å²) >= 11 is 0. The van der Waals surface area contributed by atoms with Crippen LogP contribution in [0.5, 0.6) is 0 Å². The molecule has 0 amide bonds. The van der Waals surface area contributed by atoms with Gasteiger partial charge < -0.3 is 11.1 Å². The first-order valence-electron chi connectivity index (χ1n) is 6.59. The van der Waals surface area contributed by atoms with Crippen LogP contribution in [0.2, 0.25) is 0 Å². The van der Waals surface area contributed by atoms with Crippen molar-refractivity contribution in [2.45, 2.75) is 25.9 Å². The highest BCUT2D eigenvalue weighted by molar-refractivity contribution is 5.22. The second kappa shape index (κ2) is 6.74. The third kappa shape index (κ3) is 4.11. The molecule has 0 spiro atoms. The quantitative estimate of drug-likeness (QED) is 0.728. The molecule has 1 aliphatic rings. The molecule has 1 heterocycles. The molecule has 0 aromatic heterocycles. The Hall–Kier alpha value is -0.900. The van der Waals surface area contributed by atoms with E-state index < -0.39 is 0 Å². The van der Waals surface area contributed by atoms with Crippen molar-refractivity contribution in [1.29, 1.82) is 0 Å². The van der Waals surface area contributed by atoms with Crippen LogP contribution in [0.1, 0.15) is 24.0 Å². The maximum atomic E-state index is 5.44. The number of benzene rings is 1. The van der Waals surface area contributed by atoms with Crippen molar-refractivity contribution >= 4 is 0 Å². The number of nitrogens with two attached hydrogens (primary N) is 1. The topological polar surface area (TPSA) is 41.3 Å². The van der Waals surface area contributed by atoms with E-state index in [4.69, 9.17) is 5.73 Å². The van der Waals surface area contributed by atoms with Crippen molar-refractivity contribution in [1.82, 2.24) is 10.2 Å². The molecule has 0 bridgehead atoms. The predicted molar refractivity (Wildman–Crippen MR) is 71.7 cm³/mol. The number of rotatable bonds is 6. The summed E-state index contributed by atoms with van der Waals surface area (Å²) in [5.74, 6) is 0. The smallest absolute Gasteiger partial charge is 0.0233 e. The fraction of sp³-hybridized carbons (Fsp3) is 0.571. The van der Waals surface area contributed by atoms with E-state index in [1.54, 1.807) is 0 Å². The lowest BCUT2D eigenvalue weighted by Gasteiger charge is -2.14. The van der Waals surface area contributed by atoms with E-state index in [-0.39, 0.29) is 0 Å². The van der Waals surface area contributed by atoms with Gasteiger partial charge in [0.05, 0.1) is 0 Å². The molecular formula is C14H23N3. The molecule has 1 aliphatic heterocycles. The fourth-order valence-electron chi connectivity index (χ4n) is 2.30. The molecule has 1 fully saturated rings. The van der Waals surface area contributed by atoms with Gasteiger partial charge in [-0.3, -0.25) is 4.90 Å². The molecule has 0 unspecified atom stereocenters. The lowest BCUT2D eigenvalue weighted by atomic mass is 10.1. The Bertz CT molecular complexity index is 315. The first-order valence-corrected chi connectivity index (χ1v) is 6.59. The van der Waals surface area contributed by atoms with Crippen molar-refractivity contribution in [2.24, 2.45) is 5.73 Å². The number of hydrogen-bond acceptors (Lipinski definition) is 3. The van der Waals surface area contributed by atoms with Crippen molar-refractivity contribution in [3.05, 3.63) is 35.4 Å². The molecule has 3 nitrogen and oxygen atoms in total. The van der Waals surface area contributed by atoms with Gasteiger partial charge in [-0.15, -0.1) is 0 Å². The molecule has 94 valence electrons. The van der Waals surface area contributed by atoms with Gasteiger partial charge in [-0.2, -0.15) is 0 Å². The fourth-order valence-corrected chi connectivity index (χ4v) is 2.30. The van der Waals surface area contributed by atoms with Crippen LogP contribution < -0.4 is 11.1 Å². The normalized spacial score (nSPS) is 16.5. The Labute approximate surface area is 104 Å². The Balaban J connectivity index is 1.80. The van der Waals surface area contributed by atoms with Crippen LogP contribution in [0.4, 0.5) is 0 Å². The minimum absolute atomic E-state index is 0.701. The van der Waals surface area contributed by atoms with E-state index in [9.17, 15) is 0 Å². The SMILES string of the molecule is NCCNCc1ccc(CN2CCCC2)cc1. The van der Waals surface area contributed by atoms with Crippen molar-refractivity contribution in [2.75, 3.05) is 26.2 Å². The summed E-state index contributed by atoms with van der Waals surface area (Å²) in [6.07, 6.45) is 2.72. The highest BCUT2D eigenvalue weighted by Crippen LogP contribution is 2.13. The Kier molecular flexibility index (Phi) is 4.98. The average Bonchev–Trinajstić information content (AvgIpc) is 2.85.